The first kappa shape index (κ1) is 13.6. The van der Waals surface area contributed by atoms with Crippen molar-refractivity contribution in [3.05, 3.63) is 46.0 Å². The lowest BCUT2D eigenvalue weighted by Gasteiger charge is -2.20. The molecule has 0 spiro atoms. The van der Waals surface area contributed by atoms with Crippen LogP contribution in [0.3, 0.4) is 0 Å². The van der Waals surface area contributed by atoms with E-state index in [2.05, 4.69) is 18.8 Å². The van der Waals surface area contributed by atoms with Gasteiger partial charge in [-0.15, -0.1) is 6.58 Å². The van der Waals surface area contributed by atoms with Gasteiger partial charge < -0.3 is 5.32 Å². The molecule has 0 saturated carbocycles. The molecule has 0 aliphatic carbocycles. The van der Waals surface area contributed by atoms with Crippen LogP contribution in [0.15, 0.2) is 30.4 Å². The molecule has 1 aromatic carbocycles. The minimum Gasteiger partial charge on any atom is -0.310 e. The zero-order valence-electron chi connectivity index (χ0n) is 9.69. The van der Waals surface area contributed by atoms with Gasteiger partial charge in [-0.05, 0) is 43.7 Å². The summed E-state index contributed by atoms with van der Waals surface area (Å²) in [5.74, 6) is 0. The Morgan fingerprint density at radius 1 is 1.44 bits per heavy atom. The molecule has 16 heavy (non-hydrogen) atoms. The van der Waals surface area contributed by atoms with Crippen molar-refractivity contribution in [1.82, 2.24) is 5.32 Å². The summed E-state index contributed by atoms with van der Waals surface area (Å²) < 4.78 is 0. The summed E-state index contributed by atoms with van der Waals surface area (Å²) in [6.45, 7) is 8.92. The van der Waals surface area contributed by atoms with Crippen molar-refractivity contribution >= 4 is 23.2 Å². The Labute approximate surface area is 107 Å². The van der Waals surface area contributed by atoms with Gasteiger partial charge in [0.1, 0.15) is 0 Å². The zero-order chi connectivity index (χ0) is 12.1. The van der Waals surface area contributed by atoms with Crippen LogP contribution in [0.4, 0.5) is 0 Å². The van der Waals surface area contributed by atoms with Crippen molar-refractivity contribution in [2.45, 2.75) is 26.3 Å². The first-order valence-corrected chi connectivity index (χ1v) is 6.13. The maximum atomic E-state index is 6.18. The predicted molar refractivity (Wildman–Crippen MR) is 72.3 cm³/mol. The largest absolute Gasteiger partial charge is 0.310 e. The molecule has 88 valence electrons. The van der Waals surface area contributed by atoms with E-state index in [9.17, 15) is 0 Å². The van der Waals surface area contributed by atoms with Gasteiger partial charge in [0.25, 0.3) is 0 Å². The van der Waals surface area contributed by atoms with Gasteiger partial charge in [0, 0.05) is 16.1 Å². The van der Waals surface area contributed by atoms with Crippen molar-refractivity contribution in [3.8, 4) is 0 Å². The van der Waals surface area contributed by atoms with Crippen molar-refractivity contribution in [1.29, 1.82) is 0 Å². The fourth-order valence-electron chi connectivity index (χ4n) is 1.67. The van der Waals surface area contributed by atoms with E-state index < -0.39 is 0 Å². The average Bonchev–Trinajstić information content (AvgIpc) is 2.20. The summed E-state index contributed by atoms with van der Waals surface area (Å²) in [4.78, 5) is 0. The molecule has 1 unspecified atom stereocenters. The second kappa shape index (κ2) is 6.29. The fourth-order valence-corrected chi connectivity index (χ4v) is 2.10. The van der Waals surface area contributed by atoms with Crippen LogP contribution in [0.5, 0.6) is 0 Å². The van der Waals surface area contributed by atoms with Gasteiger partial charge in [-0.3, -0.25) is 0 Å². The maximum Gasteiger partial charge on any atom is 0.0454 e. The lowest BCUT2D eigenvalue weighted by atomic mass is 10.0. The normalized spacial score (nSPS) is 12.5. The smallest absolute Gasteiger partial charge is 0.0454 e. The van der Waals surface area contributed by atoms with Crippen LogP contribution in [-0.2, 0) is 0 Å². The summed E-state index contributed by atoms with van der Waals surface area (Å²) >= 11 is 12.2. The molecule has 1 atom stereocenters. The van der Waals surface area contributed by atoms with Crippen LogP contribution < -0.4 is 5.32 Å². The SMILES string of the molecule is C=C(C)CC(NCC)c1cc(Cl)ccc1Cl. The third-order valence-corrected chi connectivity index (χ3v) is 2.92. The molecule has 1 rings (SSSR count). The van der Waals surface area contributed by atoms with E-state index in [1.807, 2.05) is 19.1 Å². The number of hydrogen-bond donors (Lipinski definition) is 1. The minimum atomic E-state index is 0.189. The van der Waals surface area contributed by atoms with Gasteiger partial charge in [-0.1, -0.05) is 35.7 Å². The van der Waals surface area contributed by atoms with Crippen LogP contribution in [0, 0.1) is 0 Å². The average molecular weight is 258 g/mol. The van der Waals surface area contributed by atoms with Gasteiger partial charge in [0.05, 0.1) is 0 Å². The minimum absolute atomic E-state index is 0.189. The monoisotopic (exact) mass is 257 g/mol. The quantitative estimate of drug-likeness (QED) is 0.760. The standard InChI is InChI=1S/C13H17Cl2N/c1-4-16-13(7-9(2)3)11-8-10(14)5-6-12(11)15/h5-6,8,13,16H,2,4,7H2,1,3H3. The highest BCUT2D eigenvalue weighted by molar-refractivity contribution is 6.33. The maximum absolute atomic E-state index is 6.18. The highest BCUT2D eigenvalue weighted by Crippen LogP contribution is 2.29. The number of rotatable bonds is 5. The van der Waals surface area contributed by atoms with Crippen molar-refractivity contribution in [3.63, 3.8) is 0 Å². The van der Waals surface area contributed by atoms with Gasteiger partial charge in [0.2, 0.25) is 0 Å². The van der Waals surface area contributed by atoms with Crippen LogP contribution in [0.1, 0.15) is 31.9 Å². The molecular weight excluding hydrogens is 241 g/mol. The van der Waals surface area contributed by atoms with E-state index in [-0.39, 0.29) is 6.04 Å². The van der Waals surface area contributed by atoms with Gasteiger partial charge in [-0.25, -0.2) is 0 Å². The topological polar surface area (TPSA) is 12.0 Å². The lowest BCUT2D eigenvalue weighted by Crippen LogP contribution is -2.21. The molecule has 0 aliphatic rings. The van der Waals surface area contributed by atoms with Gasteiger partial charge in [0.15, 0.2) is 0 Å². The third kappa shape index (κ3) is 3.82. The molecule has 0 fully saturated rings. The molecule has 0 radical (unpaired) electrons. The molecular formula is C13H17Cl2N. The molecule has 0 amide bonds. The van der Waals surface area contributed by atoms with E-state index in [1.165, 1.54) is 0 Å². The molecule has 0 aliphatic heterocycles. The summed E-state index contributed by atoms with van der Waals surface area (Å²) in [7, 11) is 0. The number of halogens is 2. The Kier molecular flexibility index (Phi) is 5.33. The first-order valence-electron chi connectivity index (χ1n) is 5.37. The van der Waals surface area contributed by atoms with Gasteiger partial charge in [-0.2, -0.15) is 0 Å². The third-order valence-electron chi connectivity index (χ3n) is 2.34. The summed E-state index contributed by atoms with van der Waals surface area (Å²) in [5.41, 5.74) is 2.17. The number of hydrogen-bond acceptors (Lipinski definition) is 1. The summed E-state index contributed by atoms with van der Waals surface area (Å²) in [6.07, 6.45) is 0.869. The zero-order valence-corrected chi connectivity index (χ0v) is 11.2. The van der Waals surface area contributed by atoms with E-state index >= 15 is 0 Å². The van der Waals surface area contributed by atoms with Crippen LogP contribution in [0.2, 0.25) is 10.0 Å². The second-order valence-electron chi connectivity index (χ2n) is 3.94. The molecule has 0 aromatic heterocycles. The molecule has 0 saturated heterocycles. The van der Waals surface area contributed by atoms with E-state index in [4.69, 9.17) is 23.2 Å². The predicted octanol–water partition coefficient (Wildman–Crippen LogP) is 4.61. The molecule has 3 heteroatoms. The van der Waals surface area contributed by atoms with Crippen molar-refractivity contribution in [2.75, 3.05) is 6.54 Å². The Hall–Kier alpha value is -0.500. The summed E-state index contributed by atoms with van der Waals surface area (Å²) in [5, 5.41) is 4.85. The highest BCUT2D eigenvalue weighted by atomic mass is 35.5. The highest BCUT2D eigenvalue weighted by Gasteiger charge is 2.14. The van der Waals surface area contributed by atoms with Crippen molar-refractivity contribution < 1.29 is 0 Å². The van der Waals surface area contributed by atoms with E-state index in [0.717, 1.165) is 29.1 Å². The van der Waals surface area contributed by atoms with Crippen LogP contribution >= 0.6 is 23.2 Å². The molecule has 1 nitrogen and oxygen atoms in total. The van der Waals surface area contributed by atoms with Crippen LogP contribution in [0.25, 0.3) is 0 Å². The number of benzene rings is 1. The van der Waals surface area contributed by atoms with Crippen molar-refractivity contribution in [2.24, 2.45) is 0 Å². The lowest BCUT2D eigenvalue weighted by molar-refractivity contribution is 0.548. The summed E-state index contributed by atoms with van der Waals surface area (Å²) in [6, 6.07) is 5.74. The van der Waals surface area contributed by atoms with Crippen LogP contribution in [-0.4, -0.2) is 6.54 Å². The molecule has 0 heterocycles. The van der Waals surface area contributed by atoms with E-state index in [1.54, 1.807) is 6.07 Å². The molecule has 1 N–H and O–H groups in total. The molecule has 0 bridgehead atoms. The first-order chi connectivity index (χ1) is 7.54. The number of nitrogens with one attached hydrogen (secondary N) is 1. The van der Waals surface area contributed by atoms with E-state index in [0.29, 0.717) is 5.02 Å². The Morgan fingerprint density at radius 3 is 2.69 bits per heavy atom. The Balaban J connectivity index is 2.99. The Bertz CT molecular complexity index is 374. The Morgan fingerprint density at radius 2 is 2.12 bits per heavy atom. The fraction of sp³-hybridized carbons (Fsp3) is 0.385. The second-order valence-corrected chi connectivity index (χ2v) is 4.78. The molecule has 1 aromatic rings. The van der Waals surface area contributed by atoms with Gasteiger partial charge >= 0.3 is 0 Å².